The standard InChI is InChI=1S/C26H29ClFN3O5S2/c1-16(2)11-21(30-26(33)23-12-17-5-3-4-6-22(17)37-23)25(32)29-14-19-15-31(9-10-36-19)38(34,35)24-8-7-18(28)13-20(24)27/h3-8,12-13,16,19,21H,9-11,14-15H2,1-2H3,(H,29,32)(H,30,33)/t19-,21+/m1/s1. The van der Waals surface area contributed by atoms with E-state index in [4.69, 9.17) is 16.3 Å². The third-order valence-corrected chi connectivity index (χ3v) is 9.56. The molecule has 0 spiro atoms. The van der Waals surface area contributed by atoms with Crippen LogP contribution in [-0.4, -0.2) is 62.9 Å². The van der Waals surface area contributed by atoms with E-state index >= 15 is 0 Å². The first-order valence-corrected chi connectivity index (χ1v) is 14.8. The normalized spacial score (nSPS) is 17.4. The van der Waals surface area contributed by atoms with Crippen molar-refractivity contribution >= 4 is 54.9 Å². The Hall–Kier alpha value is -2.57. The summed E-state index contributed by atoms with van der Waals surface area (Å²) in [6.07, 6.45) is -0.183. The van der Waals surface area contributed by atoms with Crippen molar-refractivity contribution in [3.63, 3.8) is 0 Å². The number of thiophene rings is 1. The van der Waals surface area contributed by atoms with Crippen molar-refractivity contribution in [1.29, 1.82) is 0 Å². The van der Waals surface area contributed by atoms with Gasteiger partial charge in [-0.3, -0.25) is 9.59 Å². The van der Waals surface area contributed by atoms with Gasteiger partial charge in [-0.15, -0.1) is 11.3 Å². The number of carbonyl (C=O) groups is 2. The van der Waals surface area contributed by atoms with E-state index in [0.717, 1.165) is 28.3 Å². The summed E-state index contributed by atoms with van der Waals surface area (Å²) in [5.74, 6) is -1.19. The number of rotatable bonds is 9. The second-order valence-corrected chi connectivity index (χ2v) is 12.9. The zero-order valence-corrected chi connectivity index (χ0v) is 23.3. The van der Waals surface area contributed by atoms with Crippen molar-refractivity contribution in [1.82, 2.24) is 14.9 Å². The van der Waals surface area contributed by atoms with Crippen molar-refractivity contribution in [3.05, 3.63) is 64.2 Å². The SMILES string of the molecule is CC(C)C[C@H](NC(=O)c1cc2ccccc2s1)C(=O)NC[C@@H]1CN(S(=O)(=O)c2ccc(F)cc2Cl)CCO1. The first-order valence-electron chi connectivity index (χ1n) is 12.2. The molecule has 2 N–H and O–H groups in total. The summed E-state index contributed by atoms with van der Waals surface area (Å²) in [7, 11) is -3.98. The van der Waals surface area contributed by atoms with Gasteiger partial charge in [0.25, 0.3) is 5.91 Å². The van der Waals surface area contributed by atoms with E-state index in [1.807, 2.05) is 38.1 Å². The lowest BCUT2D eigenvalue weighted by Gasteiger charge is -2.32. The summed E-state index contributed by atoms with van der Waals surface area (Å²) < 4.78 is 47.5. The molecule has 0 saturated carbocycles. The number of amides is 2. The highest BCUT2D eigenvalue weighted by Gasteiger charge is 2.33. The average molecular weight is 582 g/mol. The molecule has 1 aliphatic heterocycles. The van der Waals surface area contributed by atoms with Gasteiger partial charge in [0.05, 0.1) is 22.6 Å². The van der Waals surface area contributed by atoms with Crippen LogP contribution in [0, 0.1) is 11.7 Å². The molecule has 1 aliphatic rings. The molecule has 2 heterocycles. The molecule has 204 valence electrons. The Morgan fingerprint density at radius 1 is 1.21 bits per heavy atom. The van der Waals surface area contributed by atoms with E-state index in [9.17, 15) is 22.4 Å². The molecule has 1 saturated heterocycles. The van der Waals surface area contributed by atoms with Crippen LogP contribution in [0.2, 0.25) is 5.02 Å². The molecule has 1 aromatic heterocycles. The average Bonchev–Trinajstić information content (AvgIpc) is 3.31. The number of ether oxygens (including phenoxy) is 1. The van der Waals surface area contributed by atoms with Crippen LogP contribution in [0.25, 0.3) is 10.1 Å². The predicted octanol–water partition coefficient (Wildman–Crippen LogP) is 4.04. The molecule has 38 heavy (non-hydrogen) atoms. The van der Waals surface area contributed by atoms with Crippen molar-refractivity contribution in [3.8, 4) is 0 Å². The fourth-order valence-corrected chi connectivity index (χ4v) is 7.15. The van der Waals surface area contributed by atoms with Gasteiger partial charge in [-0.25, -0.2) is 12.8 Å². The van der Waals surface area contributed by atoms with Crippen LogP contribution in [-0.2, 0) is 19.6 Å². The van der Waals surface area contributed by atoms with E-state index in [2.05, 4.69) is 10.6 Å². The lowest BCUT2D eigenvalue weighted by atomic mass is 10.0. The molecule has 8 nitrogen and oxygen atoms in total. The predicted molar refractivity (Wildman–Crippen MR) is 145 cm³/mol. The van der Waals surface area contributed by atoms with Gasteiger partial charge in [0.15, 0.2) is 0 Å². The van der Waals surface area contributed by atoms with Crippen LogP contribution in [0.4, 0.5) is 4.39 Å². The molecule has 2 amide bonds. The van der Waals surface area contributed by atoms with Gasteiger partial charge in [-0.1, -0.05) is 43.6 Å². The molecule has 0 unspecified atom stereocenters. The maximum absolute atomic E-state index is 13.4. The summed E-state index contributed by atoms with van der Waals surface area (Å²) in [4.78, 5) is 26.3. The minimum atomic E-state index is -3.98. The number of carbonyl (C=O) groups excluding carboxylic acids is 2. The zero-order valence-electron chi connectivity index (χ0n) is 20.9. The number of sulfonamides is 1. The van der Waals surface area contributed by atoms with Gasteiger partial charge in [-0.2, -0.15) is 4.31 Å². The quantitative estimate of drug-likeness (QED) is 0.397. The molecular weight excluding hydrogens is 553 g/mol. The van der Waals surface area contributed by atoms with Crippen LogP contribution >= 0.6 is 22.9 Å². The molecule has 1 fully saturated rings. The van der Waals surface area contributed by atoms with Gasteiger partial charge >= 0.3 is 0 Å². The number of hydrogen-bond acceptors (Lipinski definition) is 6. The third kappa shape index (κ3) is 6.70. The Balaban J connectivity index is 1.39. The van der Waals surface area contributed by atoms with Crippen LogP contribution in [0.3, 0.4) is 0 Å². The Morgan fingerprint density at radius 2 is 1.97 bits per heavy atom. The number of halogens is 2. The van der Waals surface area contributed by atoms with Crippen molar-refractivity contribution in [2.45, 2.75) is 37.3 Å². The molecule has 4 rings (SSSR count). The summed E-state index contributed by atoms with van der Waals surface area (Å²) in [5.41, 5.74) is 0. The van der Waals surface area contributed by atoms with Crippen molar-refractivity contribution in [2.24, 2.45) is 5.92 Å². The van der Waals surface area contributed by atoms with Gasteiger partial charge in [0.2, 0.25) is 15.9 Å². The smallest absolute Gasteiger partial charge is 0.262 e. The molecule has 0 bridgehead atoms. The molecular formula is C26H29ClFN3O5S2. The number of nitrogens with one attached hydrogen (secondary N) is 2. The van der Waals surface area contributed by atoms with Gasteiger partial charge < -0.3 is 15.4 Å². The second-order valence-electron chi connectivity index (χ2n) is 9.48. The third-order valence-electron chi connectivity index (χ3n) is 6.10. The van der Waals surface area contributed by atoms with E-state index in [0.29, 0.717) is 11.3 Å². The van der Waals surface area contributed by atoms with E-state index in [1.165, 1.54) is 15.6 Å². The Morgan fingerprint density at radius 3 is 2.68 bits per heavy atom. The minimum Gasteiger partial charge on any atom is -0.374 e. The van der Waals surface area contributed by atoms with Crippen LogP contribution in [0.1, 0.15) is 29.9 Å². The largest absolute Gasteiger partial charge is 0.374 e. The summed E-state index contributed by atoms with van der Waals surface area (Å²) >= 11 is 7.35. The van der Waals surface area contributed by atoms with Crippen LogP contribution < -0.4 is 10.6 Å². The highest BCUT2D eigenvalue weighted by molar-refractivity contribution is 7.89. The summed E-state index contributed by atoms with van der Waals surface area (Å²) in [6.45, 7) is 4.17. The molecule has 2 aromatic carbocycles. The molecule has 2 atom stereocenters. The fraction of sp³-hybridized carbons (Fsp3) is 0.385. The van der Waals surface area contributed by atoms with Crippen molar-refractivity contribution in [2.75, 3.05) is 26.2 Å². The lowest BCUT2D eigenvalue weighted by Crippen LogP contribution is -2.52. The summed E-state index contributed by atoms with van der Waals surface area (Å²) in [6, 6.07) is 11.8. The van der Waals surface area contributed by atoms with Crippen molar-refractivity contribution < 1.29 is 27.1 Å². The van der Waals surface area contributed by atoms with Gasteiger partial charge in [0, 0.05) is 24.3 Å². The van der Waals surface area contributed by atoms with Crippen LogP contribution in [0.5, 0.6) is 0 Å². The number of benzene rings is 2. The van der Waals surface area contributed by atoms with E-state index in [-0.39, 0.29) is 53.9 Å². The molecule has 12 heteroatoms. The monoisotopic (exact) mass is 581 g/mol. The number of nitrogens with zero attached hydrogens (tertiary/aromatic N) is 1. The fourth-order valence-electron chi connectivity index (χ4n) is 4.22. The number of fused-ring (bicyclic) bond motifs is 1. The number of hydrogen-bond donors (Lipinski definition) is 2. The highest BCUT2D eigenvalue weighted by atomic mass is 35.5. The minimum absolute atomic E-state index is 0.0146. The molecule has 3 aromatic rings. The van der Waals surface area contributed by atoms with Crippen LogP contribution in [0.15, 0.2) is 53.4 Å². The van der Waals surface area contributed by atoms with Gasteiger partial charge in [0.1, 0.15) is 16.8 Å². The topological polar surface area (TPSA) is 105 Å². The van der Waals surface area contributed by atoms with Gasteiger partial charge in [-0.05, 0) is 48.1 Å². The maximum Gasteiger partial charge on any atom is 0.262 e. The zero-order chi connectivity index (χ0) is 27.4. The van der Waals surface area contributed by atoms with E-state index in [1.54, 1.807) is 6.07 Å². The number of morpholine rings is 1. The Labute approximate surface area is 230 Å². The molecule has 0 aliphatic carbocycles. The second kappa shape index (κ2) is 12.1. The lowest BCUT2D eigenvalue weighted by molar-refractivity contribution is -0.124. The Kier molecular flexibility index (Phi) is 9.04. The molecule has 0 radical (unpaired) electrons. The maximum atomic E-state index is 13.4. The highest BCUT2D eigenvalue weighted by Crippen LogP contribution is 2.27. The first-order chi connectivity index (χ1) is 18.0. The van der Waals surface area contributed by atoms with E-state index < -0.39 is 28.0 Å². The Bertz CT molecular complexity index is 1400. The first kappa shape index (κ1) is 28.4. The summed E-state index contributed by atoms with van der Waals surface area (Å²) in [5, 5.41) is 6.40.